The summed E-state index contributed by atoms with van der Waals surface area (Å²) in [6, 6.07) is 1.37. The van der Waals surface area contributed by atoms with Crippen LogP contribution in [0.1, 0.15) is 22.8 Å². The van der Waals surface area contributed by atoms with Crippen LogP contribution in [0.2, 0.25) is 0 Å². The normalized spacial score (nSPS) is 13.2. The van der Waals surface area contributed by atoms with Crippen molar-refractivity contribution in [2.24, 2.45) is 0 Å². The maximum Gasteiger partial charge on any atom is 0.419 e. The molecule has 3 nitrogen and oxygen atoms in total. The maximum atomic E-state index is 13.0. The fraction of sp³-hybridized carbons (Fsp3) is 0.364. The van der Waals surface area contributed by atoms with Crippen LogP contribution in [-0.4, -0.2) is 23.7 Å². The molecule has 1 aromatic rings. The van der Waals surface area contributed by atoms with Crippen molar-refractivity contribution in [3.8, 4) is 0 Å². The molecule has 0 saturated heterocycles. The topological polar surface area (TPSA) is 49.3 Å². The Balaban J connectivity index is 3.02. The third kappa shape index (κ3) is 3.43. The van der Waals surface area contributed by atoms with Crippen molar-refractivity contribution in [2.75, 3.05) is 6.61 Å². The number of carbonyl (C=O) groups is 1. The minimum atomic E-state index is -4.86. The monoisotopic (exact) mass is 265 g/mol. The lowest BCUT2D eigenvalue weighted by atomic mass is 10.1. The first-order valence-electron chi connectivity index (χ1n) is 5.04. The molecule has 0 radical (unpaired) electrons. The highest BCUT2D eigenvalue weighted by molar-refractivity contribution is 5.94. The van der Waals surface area contributed by atoms with Gasteiger partial charge < -0.3 is 10.4 Å². The summed E-state index contributed by atoms with van der Waals surface area (Å²) in [6.45, 7) is 1.13. The van der Waals surface area contributed by atoms with Crippen LogP contribution in [-0.2, 0) is 6.18 Å². The van der Waals surface area contributed by atoms with Crippen molar-refractivity contribution in [1.29, 1.82) is 0 Å². The molecule has 18 heavy (non-hydrogen) atoms. The van der Waals surface area contributed by atoms with E-state index < -0.39 is 29.5 Å². The average Bonchev–Trinajstić information content (AvgIpc) is 2.27. The Hall–Kier alpha value is -1.63. The van der Waals surface area contributed by atoms with Crippen LogP contribution in [0.4, 0.5) is 17.6 Å². The molecular weight excluding hydrogens is 254 g/mol. The number of benzene rings is 1. The molecule has 7 heteroatoms. The van der Waals surface area contributed by atoms with E-state index in [4.69, 9.17) is 5.11 Å². The Labute approximate surface area is 100 Å². The molecule has 0 heterocycles. The summed E-state index contributed by atoms with van der Waals surface area (Å²) in [5.41, 5.74) is -1.81. The first-order chi connectivity index (χ1) is 8.25. The number of aliphatic hydroxyl groups is 1. The lowest BCUT2D eigenvalue weighted by Gasteiger charge is -2.13. The molecule has 0 aliphatic carbocycles. The van der Waals surface area contributed by atoms with E-state index in [1.807, 2.05) is 0 Å². The number of aliphatic hydroxyl groups excluding tert-OH is 1. The van der Waals surface area contributed by atoms with E-state index in [0.29, 0.717) is 12.1 Å². The average molecular weight is 265 g/mol. The molecule has 0 aliphatic rings. The van der Waals surface area contributed by atoms with Crippen LogP contribution < -0.4 is 5.32 Å². The highest BCUT2D eigenvalue weighted by Gasteiger charge is 2.34. The predicted octanol–water partition coefficient (Wildman–Crippen LogP) is 1.96. The van der Waals surface area contributed by atoms with Crippen LogP contribution in [0.3, 0.4) is 0 Å². The van der Waals surface area contributed by atoms with Gasteiger partial charge in [-0.25, -0.2) is 4.39 Å². The molecule has 1 atom stereocenters. The minimum absolute atomic E-state index is 0.316. The van der Waals surface area contributed by atoms with Crippen molar-refractivity contribution < 1.29 is 27.5 Å². The second-order valence-corrected chi connectivity index (χ2v) is 3.75. The van der Waals surface area contributed by atoms with Crippen molar-refractivity contribution in [2.45, 2.75) is 19.1 Å². The van der Waals surface area contributed by atoms with Gasteiger partial charge in [-0.15, -0.1) is 0 Å². The number of alkyl halides is 3. The number of halogens is 4. The van der Waals surface area contributed by atoms with Crippen molar-refractivity contribution in [3.05, 3.63) is 35.1 Å². The summed E-state index contributed by atoms with van der Waals surface area (Å²) in [5, 5.41) is 11.0. The fourth-order valence-corrected chi connectivity index (χ4v) is 1.24. The minimum Gasteiger partial charge on any atom is -0.394 e. The molecule has 0 saturated carbocycles. The first-order valence-corrected chi connectivity index (χ1v) is 5.04. The van der Waals surface area contributed by atoms with Crippen LogP contribution in [0.25, 0.3) is 0 Å². The van der Waals surface area contributed by atoms with Gasteiger partial charge in [0.2, 0.25) is 0 Å². The molecule has 0 unspecified atom stereocenters. The Kier molecular flexibility index (Phi) is 4.28. The fourth-order valence-electron chi connectivity index (χ4n) is 1.24. The zero-order chi connectivity index (χ0) is 13.9. The maximum absolute atomic E-state index is 13.0. The van der Waals surface area contributed by atoms with E-state index in [1.54, 1.807) is 0 Å². The largest absolute Gasteiger partial charge is 0.419 e. The van der Waals surface area contributed by atoms with Gasteiger partial charge in [0.1, 0.15) is 5.82 Å². The molecule has 0 bridgehead atoms. The smallest absolute Gasteiger partial charge is 0.394 e. The van der Waals surface area contributed by atoms with Gasteiger partial charge >= 0.3 is 6.18 Å². The molecule has 1 rings (SSSR count). The van der Waals surface area contributed by atoms with Crippen LogP contribution in [0.15, 0.2) is 18.2 Å². The van der Waals surface area contributed by atoms with Gasteiger partial charge in [-0.05, 0) is 25.1 Å². The third-order valence-electron chi connectivity index (χ3n) is 2.19. The molecule has 0 aromatic heterocycles. The number of nitrogens with one attached hydrogen (secondary N) is 1. The number of rotatable bonds is 3. The molecule has 1 aromatic carbocycles. The van der Waals surface area contributed by atoms with Crippen molar-refractivity contribution >= 4 is 5.91 Å². The van der Waals surface area contributed by atoms with Gasteiger partial charge in [-0.3, -0.25) is 4.79 Å². The second-order valence-electron chi connectivity index (χ2n) is 3.75. The van der Waals surface area contributed by atoms with Gasteiger partial charge in [0.15, 0.2) is 0 Å². The molecule has 0 aliphatic heterocycles. The van der Waals surface area contributed by atoms with Crippen LogP contribution >= 0.6 is 0 Å². The van der Waals surface area contributed by atoms with Gasteiger partial charge in [-0.1, -0.05) is 0 Å². The van der Waals surface area contributed by atoms with E-state index in [9.17, 15) is 22.4 Å². The standard InChI is InChI=1S/C11H11F4NO2/c1-6(5-17)16-10(18)7-2-3-9(12)8(4-7)11(13,14)15/h2-4,6,17H,5H2,1H3,(H,16,18)/t6-/m0/s1. The molecule has 100 valence electrons. The second kappa shape index (κ2) is 5.34. The summed E-state index contributed by atoms with van der Waals surface area (Å²) >= 11 is 0. The third-order valence-corrected chi connectivity index (χ3v) is 2.19. The number of carbonyl (C=O) groups excluding carboxylic acids is 1. The summed E-state index contributed by atoms with van der Waals surface area (Å²) in [6.07, 6.45) is -4.86. The molecule has 1 amide bonds. The predicted molar refractivity (Wildman–Crippen MR) is 55.4 cm³/mol. The van der Waals surface area contributed by atoms with E-state index in [0.717, 1.165) is 6.07 Å². The lowest BCUT2D eigenvalue weighted by Crippen LogP contribution is -2.35. The zero-order valence-electron chi connectivity index (χ0n) is 9.38. The molecule has 0 spiro atoms. The lowest BCUT2D eigenvalue weighted by molar-refractivity contribution is -0.140. The van der Waals surface area contributed by atoms with Crippen molar-refractivity contribution in [1.82, 2.24) is 5.32 Å². The SMILES string of the molecule is C[C@@H](CO)NC(=O)c1ccc(F)c(C(F)(F)F)c1. The van der Waals surface area contributed by atoms with Gasteiger partial charge in [0.25, 0.3) is 5.91 Å². The Morgan fingerprint density at radius 3 is 2.56 bits per heavy atom. The number of amides is 1. The van der Waals surface area contributed by atoms with Crippen molar-refractivity contribution in [3.63, 3.8) is 0 Å². The summed E-state index contributed by atoms with van der Waals surface area (Å²) in [7, 11) is 0. The zero-order valence-corrected chi connectivity index (χ0v) is 9.38. The van der Waals surface area contributed by atoms with E-state index in [2.05, 4.69) is 5.32 Å². The van der Waals surface area contributed by atoms with Gasteiger partial charge in [0.05, 0.1) is 12.2 Å². The number of hydrogen-bond donors (Lipinski definition) is 2. The summed E-state index contributed by atoms with van der Waals surface area (Å²) in [4.78, 5) is 11.5. The van der Waals surface area contributed by atoms with Gasteiger partial charge in [0, 0.05) is 11.6 Å². The molecule has 0 fully saturated rings. The van der Waals surface area contributed by atoms with E-state index >= 15 is 0 Å². The van der Waals surface area contributed by atoms with Gasteiger partial charge in [-0.2, -0.15) is 13.2 Å². The van der Waals surface area contributed by atoms with E-state index in [-0.39, 0.29) is 12.2 Å². The number of hydrogen-bond acceptors (Lipinski definition) is 2. The quantitative estimate of drug-likeness (QED) is 0.821. The molecular formula is C11H11F4NO2. The Bertz CT molecular complexity index is 445. The summed E-state index contributed by atoms with van der Waals surface area (Å²) < 4.78 is 50.2. The first kappa shape index (κ1) is 14.4. The highest BCUT2D eigenvalue weighted by atomic mass is 19.4. The van der Waals surface area contributed by atoms with E-state index in [1.165, 1.54) is 6.92 Å². The highest BCUT2D eigenvalue weighted by Crippen LogP contribution is 2.31. The Morgan fingerprint density at radius 1 is 1.44 bits per heavy atom. The van der Waals surface area contributed by atoms with Crippen LogP contribution in [0, 0.1) is 5.82 Å². The Morgan fingerprint density at radius 2 is 2.06 bits per heavy atom. The summed E-state index contributed by atoms with van der Waals surface area (Å²) in [5.74, 6) is -2.24. The molecule has 2 N–H and O–H groups in total. The van der Waals surface area contributed by atoms with Crippen LogP contribution in [0.5, 0.6) is 0 Å².